The molecule has 1 heterocycles. The average Bonchev–Trinajstić information content (AvgIpc) is 2.73. The molecule has 0 aromatic heterocycles. The molecule has 1 saturated carbocycles. The molecule has 2 aliphatic rings. The van der Waals surface area contributed by atoms with Gasteiger partial charge < -0.3 is 15.5 Å². The van der Waals surface area contributed by atoms with Crippen molar-refractivity contribution in [3.05, 3.63) is 30.3 Å². The first-order valence-electron chi connectivity index (χ1n) is 10.3. The van der Waals surface area contributed by atoms with E-state index in [2.05, 4.69) is 44.7 Å². The lowest BCUT2D eigenvalue weighted by molar-refractivity contribution is -0.139. The minimum absolute atomic E-state index is 0.179. The smallest absolute Gasteiger partial charge is 0.309 e. The van der Waals surface area contributed by atoms with Crippen LogP contribution in [0.4, 0.5) is 5.69 Å². The average molecular weight is 373 g/mol. The van der Waals surface area contributed by atoms with Gasteiger partial charge in [0.1, 0.15) is 0 Å². The number of hydrogen-bond acceptors (Lipinski definition) is 4. The van der Waals surface area contributed by atoms with Crippen LogP contribution in [0.3, 0.4) is 0 Å². The Morgan fingerprint density at radius 2 is 1.63 bits per heavy atom. The number of nitrogens with one attached hydrogen (secondary N) is 2. The number of piperazine rings is 1. The van der Waals surface area contributed by atoms with Crippen molar-refractivity contribution in [2.75, 3.05) is 44.2 Å². The molecule has 0 spiro atoms. The quantitative estimate of drug-likeness (QED) is 0.590. The van der Waals surface area contributed by atoms with Crippen molar-refractivity contribution in [3.63, 3.8) is 0 Å². The second kappa shape index (κ2) is 10.3. The predicted octanol–water partition coefficient (Wildman–Crippen LogP) is 1.76. The highest BCUT2D eigenvalue weighted by Gasteiger charge is 2.20. The van der Waals surface area contributed by atoms with Crippen LogP contribution < -0.4 is 15.5 Å². The summed E-state index contributed by atoms with van der Waals surface area (Å²) in [4.78, 5) is 28.7. The molecule has 2 fully saturated rings. The molecule has 6 heteroatoms. The molecule has 3 rings (SSSR count). The monoisotopic (exact) mass is 372 g/mol. The van der Waals surface area contributed by atoms with Crippen LogP contribution in [-0.2, 0) is 9.59 Å². The number of para-hydroxylation sites is 1. The molecule has 1 aromatic carbocycles. The molecule has 1 saturated heterocycles. The molecule has 1 aromatic rings. The van der Waals surface area contributed by atoms with Gasteiger partial charge >= 0.3 is 11.8 Å². The predicted molar refractivity (Wildman–Crippen MR) is 108 cm³/mol. The van der Waals surface area contributed by atoms with Gasteiger partial charge in [-0.2, -0.15) is 0 Å². The Kier molecular flexibility index (Phi) is 7.51. The summed E-state index contributed by atoms with van der Waals surface area (Å²) in [5.41, 5.74) is 1.29. The van der Waals surface area contributed by atoms with Gasteiger partial charge in [0.2, 0.25) is 0 Å². The number of nitrogens with zero attached hydrogens (tertiary/aromatic N) is 2. The van der Waals surface area contributed by atoms with E-state index in [1.807, 2.05) is 6.07 Å². The van der Waals surface area contributed by atoms with Crippen molar-refractivity contribution in [1.82, 2.24) is 15.5 Å². The Morgan fingerprint density at radius 3 is 2.33 bits per heavy atom. The van der Waals surface area contributed by atoms with Crippen molar-refractivity contribution in [1.29, 1.82) is 0 Å². The van der Waals surface area contributed by atoms with Crippen LogP contribution in [0.2, 0.25) is 0 Å². The van der Waals surface area contributed by atoms with E-state index in [1.54, 1.807) is 0 Å². The normalized spacial score (nSPS) is 18.9. The molecule has 0 bridgehead atoms. The van der Waals surface area contributed by atoms with Gasteiger partial charge in [0, 0.05) is 44.5 Å². The van der Waals surface area contributed by atoms with Crippen molar-refractivity contribution < 1.29 is 9.59 Å². The molecule has 2 amide bonds. The maximum absolute atomic E-state index is 11.9. The van der Waals surface area contributed by atoms with Crippen molar-refractivity contribution in [2.24, 2.45) is 0 Å². The minimum Gasteiger partial charge on any atom is -0.369 e. The third-order valence-electron chi connectivity index (χ3n) is 5.58. The number of carbonyl (C=O) groups excluding carboxylic acids is 2. The van der Waals surface area contributed by atoms with E-state index >= 15 is 0 Å². The first-order chi connectivity index (χ1) is 13.2. The summed E-state index contributed by atoms with van der Waals surface area (Å²) in [6.45, 7) is 5.62. The molecule has 27 heavy (non-hydrogen) atoms. The molecule has 6 nitrogen and oxygen atoms in total. The summed E-state index contributed by atoms with van der Waals surface area (Å²) in [6, 6.07) is 10.7. The van der Waals surface area contributed by atoms with Crippen molar-refractivity contribution in [2.45, 2.75) is 44.6 Å². The van der Waals surface area contributed by atoms with Gasteiger partial charge in [-0.15, -0.1) is 0 Å². The van der Waals surface area contributed by atoms with Crippen LogP contribution in [0.1, 0.15) is 38.5 Å². The van der Waals surface area contributed by atoms with Crippen LogP contribution in [0.5, 0.6) is 0 Å². The molecule has 1 aliphatic carbocycles. The highest BCUT2D eigenvalue weighted by Crippen LogP contribution is 2.17. The number of amides is 2. The first-order valence-corrected chi connectivity index (χ1v) is 10.3. The Morgan fingerprint density at radius 1 is 0.926 bits per heavy atom. The van der Waals surface area contributed by atoms with Gasteiger partial charge in [0.25, 0.3) is 0 Å². The summed E-state index contributed by atoms with van der Waals surface area (Å²) in [7, 11) is 0. The summed E-state index contributed by atoms with van der Waals surface area (Å²) < 4.78 is 0. The Labute approximate surface area is 162 Å². The largest absolute Gasteiger partial charge is 0.369 e. The fourth-order valence-electron chi connectivity index (χ4n) is 3.95. The van der Waals surface area contributed by atoms with E-state index in [0.29, 0.717) is 6.54 Å². The fraction of sp³-hybridized carbons (Fsp3) is 0.619. The Bertz CT molecular complexity index is 593. The maximum Gasteiger partial charge on any atom is 0.309 e. The Balaban J connectivity index is 1.27. The Hall–Kier alpha value is -2.08. The molecule has 2 N–H and O–H groups in total. The summed E-state index contributed by atoms with van der Waals surface area (Å²) >= 11 is 0. The van der Waals surface area contributed by atoms with Crippen molar-refractivity contribution >= 4 is 17.5 Å². The van der Waals surface area contributed by atoms with E-state index in [-0.39, 0.29) is 6.04 Å². The van der Waals surface area contributed by atoms with Crippen LogP contribution in [0.15, 0.2) is 30.3 Å². The van der Waals surface area contributed by atoms with Crippen LogP contribution >= 0.6 is 0 Å². The van der Waals surface area contributed by atoms with Crippen LogP contribution in [0.25, 0.3) is 0 Å². The zero-order valence-corrected chi connectivity index (χ0v) is 16.2. The number of anilines is 1. The SMILES string of the molecule is O=C(NCCCN1CCN(c2ccccc2)CC1)C(=O)NC1CCCCC1. The zero-order valence-electron chi connectivity index (χ0n) is 16.2. The number of carbonyl (C=O) groups is 2. The first kappa shape index (κ1) is 19.7. The van der Waals surface area contributed by atoms with Gasteiger partial charge in [0.05, 0.1) is 0 Å². The lowest BCUT2D eigenvalue weighted by Crippen LogP contribution is -2.47. The summed E-state index contributed by atoms with van der Waals surface area (Å²) in [5.74, 6) is -0.965. The molecule has 148 valence electrons. The van der Waals surface area contributed by atoms with Gasteiger partial charge in [0.15, 0.2) is 0 Å². The maximum atomic E-state index is 11.9. The summed E-state index contributed by atoms with van der Waals surface area (Å²) in [6.07, 6.45) is 6.38. The van der Waals surface area contributed by atoms with Crippen LogP contribution in [-0.4, -0.2) is 62.0 Å². The lowest BCUT2D eigenvalue weighted by Gasteiger charge is -2.36. The van der Waals surface area contributed by atoms with Crippen LogP contribution in [0, 0.1) is 0 Å². The molecule has 1 aliphatic heterocycles. The highest BCUT2D eigenvalue weighted by molar-refractivity contribution is 6.35. The summed E-state index contributed by atoms with van der Waals surface area (Å²) in [5, 5.41) is 5.62. The third-order valence-corrected chi connectivity index (χ3v) is 5.58. The number of rotatable bonds is 6. The molecule has 0 radical (unpaired) electrons. The van der Waals surface area contributed by atoms with E-state index in [0.717, 1.165) is 64.8 Å². The second-order valence-corrected chi connectivity index (χ2v) is 7.58. The molecule has 0 unspecified atom stereocenters. The molecular formula is C21H32N4O2. The number of benzene rings is 1. The topological polar surface area (TPSA) is 64.7 Å². The van der Waals surface area contributed by atoms with Gasteiger partial charge in [-0.1, -0.05) is 37.5 Å². The second-order valence-electron chi connectivity index (χ2n) is 7.58. The van der Waals surface area contributed by atoms with E-state index in [4.69, 9.17) is 0 Å². The standard InChI is InChI=1S/C21H32N4O2/c26-20(21(27)23-18-8-3-1-4-9-18)22-12-7-13-24-14-16-25(17-15-24)19-10-5-2-6-11-19/h2,5-6,10-11,18H,1,3-4,7-9,12-17H2,(H,22,26)(H,23,27). The molecular weight excluding hydrogens is 340 g/mol. The fourth-order valence-corrected chi connectivity index (χ4v) is 3.95. The highest BCUT2D eigenvalue weighted by atomic mass is 16.2. The zero-order chi connectivity index (χ0) is 18.9. The van der Waals surface area contributed by atoms with Crippen molar-refractivity contribution in [3.8, 4) is 0 Å². The third kappa shape index (κ3) is 6.24. The van der Waals surface area contributed by atoms with E-state index < -0.39 is 11.8 Å². The van der Waals surface area contributed by atoms with Gasteiger partial charge in [-0.3, -0.25) is 14.5 Å². The molecule has 0 atom stereocenters. The van der Waals surface area contributed by atoms with Gasteiger partial charge in [-0.25, -0.2) is 0 Å². The van der Waals surface area contributed by atoms with E-state index in [1.165, 1.54) is 12.1 Å². The number of hydrogen-bond donors (Lipinski definition) is 2. The minimum atomic E-state index is -0.491. The van der Waals surface area contributed by atoms with Gasteiger partial charge in [-0.05, 0) is 37.9 Å². The van der Waals surface area contributed by atoms with E-state index in [9.17, 15) is 9.59 Å². The lowest BCUT2D eigenvalue weighted by atomic mass is 9.95.